The first-order chi connectivity index (χ1) is 4.33. The number of piperazine rings is 1. The lowest BCUT2D eigenvalue weighted by atomic mass is 10.2. The molecule has 9 heavy (non-hydrogen) atoms. The molecule has 0 saturated carbocycles. The molecular weight excluding hydrogens is 116 g/mol. The molecule has 1 saturated heterocycles. The summed E-state index contributed by atoms with van der Waals surface area (Å²) in [6.07, 6.45) is 1.08. The number of hydrogen-bond acceptors (Lipinski definition) is 2. The van der Waals surface area contributed by atoms with Crippen molar-refractivity contribution in [2.75, 3.05) is 13.1 Å². The number of nitrogens with one attached hydrogen (secondary N) is 2. The monoisotopic (exact) mass is 128 g/mol. The van der Waals surface area contributed by atoms with Gasteiger partial charge in [0.15, 0.2) is 0 Å². The summed E-state index contributed by atoms with van der Waals surface area (Å²) >= 11 is 0. The van der Waals surface area contributed by atoms with Crippen molar-refractivity contribution < 1.29 is 4.79 Å². The van der Waals surface area contributed by atoms with Gasteiger partial charge >= 0.3 is 0 Å². The van der Waals surface area contributed by atoms with E-state index in [2.05, 4.69) is 17.6 Å². The number of hydrogen-bond donors (Lipinski definition) is 2. The molecule has 1 aliphatic heterocycles. The zero-order valence-corrected chi connectivity index (χ0v) is 5.61. The molecule has 3 heteroatoms. The maximum absolute atomic E-state index is 10.6. The Morgan fingerprint density at radius 3 is 3.00 bits per heavy atom. The smallest absolute Gasteiger partial charge is 0.234 e. The molecule has 0 spiro atoms. The highest BCUT2D eigenvalue weighted by atomic mass is 16.2. The van der Waals surface area contributed by atoms with E-state index in [0.717, 1.165) is 13.0 Å². The molecule has 0 unspecified atom stereocenters. The van der Waals surface area contributed by atoms with Gasteiger partial charge < -0.3 is 10.6 Å². The van der Waals surface area contributed by atoms with Crippen LogP contribution in [0.1, 0.15) is 13.3 Å². The van der Waals surface area contributed by atoms with Crippen molar-refractivity contribution in [2.24, 2.45) is 0 Å². The highest BCUT2D eigenvalue weighted by Gasteiger charge is 2.13. The van der Waals surface area contributed by atoms with Gasteiger partial charge in [0, 0.05) is 12.6 Å². The van der Waals surface area contributed by atoms with E-state index in [1.54, 1.807) is 0 Å². The zero-order valence-electron chi connectivity index (χ0n) is 5.61. The lowest BCUT2D eigenvalue weighted by molar-refractivity contribution is -0.121. The molecule has 0 aromatic heterocycles. The van der Waals surface area contributed by atoms with E-state index >= 15 is 0 Å². The molecule has 1 rings (SSSR count). The highest BCUT2D eigenvalue weighted by molar-refractivity contribution is 5.78. The van der Waals surface area contributed by atoms with Gasteiger partial charge in [-0.2, -0.15) is 0 Å². The van der Waals surface area contributed by atoms with E-state index in [1.807, 2.05) is 0 Å². The van der Waals surface area contributed by atoms with Crippen LogP contribution in [0.25, 0.3) is 0 Å². The maximum atomic E-state index is 10.6. The first kappa shape index (κ1) is 6.55. The Morgan fingerprint density at radius 2 is 2.56 bits per heavy atom. The molecule has 0 aromatic rings. The Morgan fingerprint density at radius 1 is 1.78 bits per heavy atom. The predicted molar refractivity (Wildman–Crippen MR) is 35.1 cm³/mol. The van der Waals surface area contributed by atoms with Crippen molar-refractivity contribution >= 4 is 5.91 Å². The van der Waals surface area contributed by atoms with Crippen molar-refractivity contribution in [3.05, 3.63) is 0 Å². The second kappa shape index (κ2) is 2.82. The second-order valence-electron chi connectivity index (χ2n) is 2.29. The van der Waals surface area contributed by atoms with E-state index in [0.29, 0.717) is 12.6 Å². The Balaban J connectivity index is 2.26. The third-order valence-corrected chi connectivity index (χ3v) is 1.59. The van der Waals surface area contributed by atoms with Crippen LogP contribution in [0.4, 0.5) is 0 Å². The van der Waals surface area contributed by atoms with Gasteiger partial charge in [-0.1, -0.05) is 6.92 Å². The Hall–Kier alpha value is -0.570. The summed E-state index contributed by atoms with van der Waals surface area (Å²) in [6, 6.07) is 0.489. The van der Waals surface area contributed by atoms with Gasteiger partial charge in [0.05, 0.1) is 6.54 Å². The third-order valence-electron chi connectivity index (χ3n) is 1.59. The minimum absolute atomic E-state index is 0.111. The van der Waals surface area contributed by atoms with Crippen LogP contribution in [0.5, 0.6) is 0 Å². The van der Waals surface area contributed by atoms with Crippen molar-refractivity contribution in [3.63, 3.8) is 0 Å². The highest BCUT2D eigenvalue weighted by Crippen LogP contribution is 1.91. The molecule has 1 fully saturated rings. The van der Waals surface area contributed by atoms with E-state index in [4.69, 9.17) is 0 Å². The van der Waals surface area contributed by atoms with Gasteiger partial charge in [-0.05, 0) is 6.42 Å². The van der Waals surface area contributed by atoms with E-state index < -0.39 is 0 Å². The molecule has 1 atom stereocenters. The maximum Gasteiger partial charge on any atom is 0.234 e. The number of carbonyl (C=O) groups is 1. The Bertz CT molecular complexity index is 104. The Kier molecular flexibility index (Phi) is 2.05. The summed E-state index contributed by atoms with van der Waals surface area (Å²) in [7, 11) is 0. The molecule has 1 amide bonds. The van der Waals surface area contributed by atoms with Gasteiger partial charge in [-0.3, -0.25) is 4.79 Å². The fourth-order valence-electron chi connectivity index (χ4n) is 0.897. The molecule has 0 aliphatic carbocycles. The molecule has 0 radical (unpaired) electrons. The van der Waals surface area contributed by atoms with Crippen LogP contribution in [-0.2, 0) is 4.79 Å². The second-order valence-corrected chi connectivity index (χ2v) is 2.29. The van der Waals surface area contributed by atoms with Gasteiger partial charge in [0.1, 0.15) is 0 Å². The lowest BCUT2D eigenvalue weighted by Gasteiger charge is -2.22. The molecule has 52 valence electrons. The molecule has 1 aliphatic rings. The largest absolute Gasteiger partial charge is 0.353 e. The third kappa shape index (κ3) is 1.68. The van der Waals surface area contributed by atoms with Crippen molar-refractivity contribution in [1.29, 1.82) is 0 Å². The Labute approximate surface area is 54.8 Å². The van der Waals surface area contributed by atoms with Gasteiger partial charge in [0.25, 0.3) is 0 Å². The van der Waals surface area contributed by atoms with E-state index in [9.17, 15) is 4.79 Å². The van der Waals surface area contributed by atoms with Crippen molar-refractivity contribution in [1.82, 2.24) is 10.6 Å². The topological polar surface area (TPSA) is 41.1 Å². The summed E-state index contributed by atoms with van der Waals surface area (Å²) in [6.45, 7) is 3.38. The standard InChI is InChI=1S/C6H12N2O/c1-2-5-3-8-6(9)4-7-5/h5,7H,2-4H2,1H3,(H,8,9)/t5-/m1/s1. The van der Waals surface area contributed by atoms with Crippen LogP contribution >= 0.6 is 0 Å². The van der Waals surface area contributed by atoms with Crippen LogP contribution in [0.15, 0.2) is 0 Å². The van der Waals surface area contributed by atoms with Crippen LogP contribution in [0.3, 0.4) is 0 Å². The fraction of sp³-hybridized carbons (Fsp3) is 0.833. The van der Waals surface area contributed by atoms with Gasteiger partial charge in [0.2, 0.25) is 5.91 Å². The first-order valence-corrected chi connectivity index (χ1v) is 3.33. The van der Waals surface area contributed by atoms with E-state index in [1.165, 1.54) is 0 Å². The summed E-state index contributed by atoms with van der Waals surface area (Å²) in [4.78, 5) is 10.6. The SMILES string of the molecule is CC[C@@H]1CNC(=O)CN1. The quantitative estimate of drug-likeness (QED) is 0.499. The lowest BCUT2D eigenvalue weighted by Crippen LogP contribution is -2.51. The van der Waals surface area contributed by atoms with Crippen molar-refractivity contribution in [3.8, 4) is 0 Å². The molecule has 0 bridgehead atoms. The molecule has 1 heterocycles. The summed E-state index contributed by atoms with van der Waals surface area (Å²) in [5, 5.41) is 5.89. The van der Waals surface area contributed by atoms with Gasteiger partial charge in [-0.25, -0.2) is 0 Å². The summed E-state index contributed by atoms with van der Waals surface area (Å²) in [5.41, 5.74) is 0. The average Bonchev–Trinajstić information content (AvgIpc) is 1.90. The first-order valence-electron chi connectivity index (χ1n) is 3.33. The molecular formula is C6H12N2O. The van der Waals surface area contributed by atoms with E-state index in [-0.39, 0.29) is 5.91 Å². The number of amides is 1. The minimum atomic E-state index is 0.111. The van der Waals surface area contributed by atoms with Crippen LogP contribution in [0.2, 0.25) is 0 Å². The predicted octanol–water partition coefficient (Wildman–Crippen LogP) is -0.516. The summed E-state index contributed by atoms with van der Waals surface area (Å²) < 4.78 is 0. The average molecular weight is 128 g/mol. The van der Waals surface area contributed by atoms with Crippen LogP contribution in [-0.4, -0.2) is 25.0 Å². The summed E-state index contributed by atoms with van der Waals surface area (Å²) in [5.74, 6) is 0.111. The normalized spacial score (nSPS) is 27.7. The van der Waals surface area contributed by atoms with Crippen LogP contribution < -0.4 is 10.6 Å². The van der Waals surface area contributed by atoms with Crippen molar-refractivity contribution in [2.45, 2.75) is 19.4 Å². The molecule has 2 N–H and O–H groups in total. The van der Waals surface area contributed by atoms with Gasteiger partial charge in [-0.15, -0.1) is 0 Å². The zero-order chi connectivity index (χ0) is 6.69. The number of rotatable bonds is 1. The molecule has 3 nitrogen and oxygen atoms in total. The molecule has 0 aromatic carbocycles. The number of carbonyl (C=O) groups excluding carboxylic acids is 1. The minimum Gasteiger partial charge on any atom is -0.353 e. The fourth-order valence-corrected chi connectivity index (χ4v) is 0.897. The van der Waals surface area contributed by atoms with Crippen LogP contribution in [0, 0.1) is 0 Å².